The Labute approximate surface area is 104 Å². The first kappa shape index (κ1) is 13.1. The van der Waals surface area contributed by atoms with E-state index in [1.54, 1.807) is 0 Å². The smallest absolute Gasteiger partial charge is 0.377 e. The van der Waals surface area contributed by atoms with Gasteiger partial charge in [0.25, 0.3) is 0 Å². The molecule has 0 saturated carbocycles. The lowest BCUT2D eigenvalue weighted by Crippen LogP contribution is -2.33. The quantitative estimate of drug-likeness (QED) is 0.787. The third kappa shape index (κ3) is 3.55. The molecule has 2 saturated heterocycles. The Morgan fingerprint density at radius 3 is 2.82 bits per heavy atom. The standard InChI is InChI=1S/C11H17F2NO2S/c12-11(13)5-8(16-10(11)15)6-14-7-9-3-1-2-4-17-9/h8-9,14H,1-7H2. The largest absolute Gasteiger partial charge is 0.456 e. The van der Waals surface area contributed by atoms with E-state index >= 15 is 0 Å². The Morgan fingerprint density at radius 1 is 1.41 bits per heavy atom. The summed E-state index contributed by atoms with van der Waals surface area (Å²) >= 11 is 1.93. The predicted octanol–water partition coefficient (Wildman–Crippen LogP) is 1.81. The number of ether oxygens (including phenoxy) is 1. The van der Waals surface area contributed by atoms with E-state index in [-0.39, 0.29) is 0 Å². The minimum atomic E-state index is -3.29. The third-order valence-corrected chi connectivity index (χ3v) is 4.47. The van der Waals surface area contributed by atoms with Crippen molar-refractivity contribution in [2.24, 2.45) is 0 Å². The van der Waals surface area contributed by atoms with Crippen molar-refractivity contribution in [2.45, 2.75) is 43.0 Å². The van der Waals surface area contributed by atoms with E-state index in [0.717, 1.165) is 6.54 Å². The Morgan fingerprint density at radius 2 is 2.24 bits per heavy atom. The van der Waals surface area contributed by atoms with E-state index in [4.69, 9.17) is 0 Å². The molecule has 0 aliphatic carbocycles. The second-order valence-corrected chi connectivity index (χ2v) is 5.99. The summed E-state index contributed by atoms with van der Waals surface area (Å²) in [6.07, 6.45) is 2.53. The number of hydrogen-bond donors (Lipinski definition) is 1. The Balaban J connectivity index is 1.64. The molecule has 2 aliphatic heterocycles. The fourth-order valence-electron chi connectivity index (χ4n) is 2.14. The van der Waals surface area contributed by atoms with Crippen molar-refractivity contribution >= 4 is 17.7 Å². The van der Waals surface area contributed by atoms with E-state index in [0.29, 0.717) is 11.8 Å². The molecule has 2 atom stereocenters. The first-order valence-corrected chi connectivity index (χ1v) is 7.04. The van der Waals surface area contributed by atoms with Crippen LogP contribution >= 0.6 is 11.8 Å². The average molecular weight is 265 g/mol. The number of rotatable bonds is 4. The van der Waals surface area contributed by atoms with E-state index in [1.165, 1.54) is 25.0 Å². The summed E-state index contributed by atoms with van der Waals surface area (Å²) in [6, 6.07) is 0. The maximum atomic E-state index is 12.9. The third-order valence-electron chi connectivity index (χ3n) is 3.07. The summed E-state index contributed by atoms with van der Waals surface area (Å²) in [5, 5.41) is 3.69. The molecule has 6 heteroatoms. The van der Waals surface area contributed by atoms with Crippen LogP contribution in [0.15, 0.2) is 0 Å². The second kappa shape index (κ2) is 5.52. The fraction of sp³-hybridized carbons (Fsp3) is 0.909. The SMILES string of the molecule is O=C1OC(CNCC2CCCCS2)CC1(F)F. The predicted molar refractivity (Wildman–Crippen MR) is 62.4 cm³/mol. The Bertz CT molecular complexity index is 283. The van der Waals surface area contributed by atoms with Gasteiger partial charge < -0.3 is 10.1 Å². The highest BCUT2D eigenvalue weighted by atomic mass is 32.2. The van der Waals surface area contributed by atoms with Gasteiger partial charge in [0.1, 0.15) is 6.10 Å². The summed E-state index contributed by atoms with van der Waals surface area (Å²) in [6.45, 7) is 1.14. The molecule has 0 radical (unpaired) electrons. The number of carbonyl (C=O) groups excluding carboxylic acids is 1. The van der Waals surface area contributed by atoms with Gasteiger partial charge in [0.15, 0.2) is 0 Å². The van der Waals surface area contributed by atoms with Crippen LogP contribution in [0.5, 0.6) is 0 Å². The fourth-order valence-corrected chi connectivity index (χ4v) is 3.41. The topological polar surface area (TPSA) is 38.3 Å². The minimum Gasteiger partial charge on any atom is -0.456 e. The maximum absolute atomic E-state index is 12.9. The molecule has 1 N–H and O–H groups in total. The molecule has 2 fully saturated rings. The number of esters is 1. The van der Waals surface area contributed by atoms with Crippen LogP contribution in [-0.4, -0.2) is 42.1 Å². The van der Waals surface area contributed by atoms with Gasteiger partial charge in [0, 0.05) is 18.3 Å². The molecule has 0 bridgehead atoms. The van der Waals surface area contributed by atoms with E-state index in [1.807, 2.05) is 11.8 Å². The molecule has 0 aromatic heterocycles. The summed E-state index contributed by atoms with van der Waals surface area (Å²) < 4.78 is 30.3. The lowest BCUT2D eigenvalue weighted by molar-refractivity contribution is -0.158. The van der Waals surface area contributed by atoms with Crippen LogP contribution in [0.3, 0.4) is 0 Å². The summed E-state index contributed by atoms with van der Waals surface area (Å²) in [5.74, 6) is -3.48. The van der Waals surface area contributed by atoms with Crippen molar-refractivity contribution in [1.82, 2.24) is 5.32 Å². The van der Waals surface area contributed by atoms with Crippen LogP contribution in [-0.2, 0) is 9.53 Å². The highest BCUT2D eigenvalue weighted by molar-refractivity contribution is 7.99. The molecule has 2 heterocycles. The van der Waals surface area contributed by atoms with Gasteiger partial charge in [-0.3, -0.25) is 0 Å². The molecular formula is C11H17F2NO2S. The zero-order valence-electron chi connectivity index (χ0n) is 9.59. The Kier molecular flexibility index (Phi) is 4.25. The number of hydrogen-bond acceptors (Lipinski definition) is 4. The van der Waals surface area contributed by atoms with Gasteiger partial charge in [0.05, 0.1) is 6.42 Å². The van der Waals surface area contributed by atoms with Crippen molar-refractivity contribution in [3.8, 4) is 0 Å². The number of thioether (sulfide) groups is 1. The number of nitrogens with one attached hydrogen (secondary N) is 1. The monoisotopic (exact) mass is 265 g/mol. The molecular weight excluding hydrogens is 248 g/mol. The molecule has 0 amide bonds. The Hall–Kier alpha value is -0.360. The van der Waals surface area contributed by atoms with Gasteiger partial charge in [-0.2, -0.15) is 20.5 Å². The van der Waals surface area contributed by atoms with Crippen molar-refractivity contribution in [1.29, 1.82) is 0 Å². The van der Waals surface area contributed by atoms with Crippen LogP contribution in [0.1, 0.15) is 25.7 Å². The zero-order valence-corrected chi connectivity index (χ0v) is 10.4. The first-order valence-electron chi connectivity index (χ1n) is 5.99. The second-order valence-electron chi connectivity index (χ2n) is 4.58. The summed E-state index contributed by atoms with van der Waals surface area (Å²) in [7, 11) is 0. The lowest BCUT2D eigenvalue weighted by Gasteiger charge is -2.22. The van der Waals surface area contributed by atoms with Gasteiger partial charge >= 0.3 is 11.9 Å². The molecule has 0 spiro atoms. The number of halogens is 2. The zero-order chi connectivity index (χ0) is 12.3. The van der Waals surface area contributed by atoms with Crippen molar-refractivity contribution in [2.75, 3.05) is 18.8 Å². The van der Waals surface area contributed by atoms with Crippen molar-refractivity contribution in [3.05, 3.63) is 0 Å². The van der Waals surface area contributed by atoms with Gasteiger partial charge in [-0.15, -0.1) is 0 Å². The molecule has 98 valence electrons. The van der Waals surface area contributed by atoms with Gasteiger partial charge in [-0.1, -0.05) is 6.42 Å². The van der Waals surface area contributed by atoms with Crippen molar-refractivity contribution < 1.29 is 18.3 Å². The first-order chi connectivity index (χ1) is 8.08. The van der Waals surface area contributed by atoms with E-state index in [9.17, 15) is 13.6 Å². The summed E-state index contributed by atoms with van der Waals surface area (Å²) in [4.78, 5) is 10.8. The van der Waals surface area contributed by atoms with Gasteiger partial charge in [-0.25, -0.2) is 4.79 Å². The van der Waals surface area contributed by atoms with Gasteiger partial charge in [-0.05, 0) is 18.6 Å². The molecule has 3 nitrogen and oxygen atoms in total. The summed E-state index contributed by atoms with van der Waals surface area (Å²) in [5.41, 5.74) is 0. The maximum Gasteiger partial charge on any atom is 0.377 e. The highest BCUT2D eigenvalue weighted by Crippen LogP contribution is 2.30. The van der Waals surface area contributed by atoms with Crippen LogP contribution in [0, 0.1) is 0 Å². The number of carbonyl (C=O) groups is 1. The number of cyclic esters (lactones) is 1. The lowest BCUT2D eigenvalue weighted by atomic mass is 10.1. The average Bonchev–Trinajstić information content (AvgIpc) is 2.54. The van der Waals surface area contributed by atoms with E-state index < -0.39 is 24.4 Å². The van der Waals surface area contributed by atoms with E-state index in [2.05, 4.69) is 10.1 Å². The van der Waals surface area contributed by atoms with Crippen LogP contribution < -0.4 is 5.32 Å². The number of alkyl halides is 2. The molecule has 2 unspecified atom stereocenters. The molecule has 0 aromatic carbocycles. The molecule has 2 rings (SSSR count). The molecule has 0 aromatic rings. The van der Waals surface area contributed by atoms with Crippen LogP contribution in [0.2, 0.25) is 0 Å². The highest BCUT2D eigenvalue weighted by Gasteiger charge is 2.50. The minimum absolute atomic E-state index is 0.332. The molecule has 17 heavy (non-hydrogen) atoms. The van der Waals surface area contributed by atoms with Crippen molar-refractivity contribution in [3.63, 3.8) is 0 Å². The normalized spacial score (nSPS) is 32.5. The molecule has 2 aliphatic rings. The van der Waals surface area contributed by atoms with Crippen LogP contribution in [0.25, 0.3) is 0 Å². The van der Waals surface area contributed by atoms with Gasteiger partial charge in [0.2, 0.25) is 0 Å². The van der Waals surface area contributed by atoms with Crippen LogP contribution in [0.4, 0.5) is 8.78 Å².